The zero-order chi connectivity index (χ0) is 21.8. The molecule has 1 fully saturated rings. The number of rotatable bonds is 6. The van der Waals surface area contributed by atoms with Crippen LogP contribution in [0.15, 0.2) is 58.4 Å². The Morgan fingerprint density at radius 1 is 1.07 bits per heavy atom. The van der Waals surface area contributed by atoms with Crippen LogP contribution in [0.5, 0.6) is 5.75 Å². The Morgan fingerprint density at radius 2 is 1.67 bits per heavy atom. The lowest BCUT2D eigenvalue weighted by Gasteiger charge is -2.15. The van der Waals surface area contributed by atoms with Gasteiger partial charge in [0, 0.05) is 18.8 Å². The lowest BCUT2D eigenvalue weighted by atomic mass is 10.2. The van der Waals surface area contributed by atoms with Crippen LogP contribution < -0.4 is 15.8 Å². The topological polar surface area (TPSA) is 97.0 Å². The van der Waals surface area contributed by atoms with Crippen LogP contribution in [0.4, 0.5) is 18.9 Å². The number of nitrogens with one attached hydrogen (secondary N) is 1. The van der Waals surface area contributed by atoms with Gasteiger partial charge in [-0.25, -0.2) is 13.4 Å². The quantitative estimate of drug-likeness (QED) is 0.529. The van der Waals surface area contributed by atoms with Crippen molar-refractivity contribution in [2.24, 2.45) is 10.7 Å². The molecule has 1 saturated heterocycles. The summed E-state index contributed by atoms with van der Waals surface area (Å²) in [6.07, 6.45) is -3.01. The Labute approximate surface area is 172 Å². The summed E-state index contributed by atoms with van der Waals surface area (Å²) in [6.45, 7) is 1.29. The molecular weight excluding hydrogens is 421 g/mol. The molecule has 0 unspecified atom stereocenters. The molecule has 0 aromatic heterocycles. The van der Waals surface area contributed by atoms with E-state index in [9.17, 15) is 21.6 Å². The van der Waals surface area contributed by atoms with E-state index in [0.29, 0.717) is 18.8 Å². The van der Waals surface area contributed by atoms with Crippen molar-refractivity contribution in [3.63, 3.8) is 0 Å². The Bertz CT molecular complexity index is 985. The number of nitrogens with zero attached hydrogens (tertiary/aromatic N) is 2. The minimum Gasteiger partial charge on any atom is -0.406 e. The number of guanidine groups is 1. The average molecular weight is 442 g/mol. The van der Waals surface area contributed by atoms with E-state index in [2.05, 4.69) is 15.0 Å². The summed E-state index contributed by atoms with van der Waals surface area (Å²) in [6, 6.07) is 11.5. The standard InChI is InChI=1S/C19H21F3N4O3S/c20-19(21,22)29-16-7-5-15(6-8-16)25-18(23)24-13-14-3-9-17(10-4-14)30(27,28)26-11-1-2-12-26/h3-10H,1-2,11-13H2,(H3,23,24,25). The van der Waals surface area contributed by atoms with Crippen LogP contribution in [0.2, 0.25) is 0 Å². The number of benzene rings is 2. The van der Waals surface area contributed by atoms with Gasteiger partial charge >= 0.3 is 6.36 Å². The number of anilines is 1. The number of hydrogen-bond acceptors (Lipinski definition) is 4. The van der Waals surface area contributed by atoms with Gasteiger partial charge in [0.15, 0.2) is 5.96 Å². The first-order valence-corrected chi connectivity index (χ1v) is 10.6. The van der Waals surface area contributed by atoms with E-state index in [0.717, 1.165) is 30.5 Å². The van der Waals surface area contributed by atoms with Crippen LogP contribution >= 0.6 is 0 Å². The van der Waals surface area contributed by atoms with Crippen LogP contribution in [-0.4, -0.2) is 38.1 Å². The van der Waals surface area contributed by atoms with Crippen molar-refractivity contribution in [1.82, 2.24) is 4.31 Å². The van der Waals surface area contributed by atoms with Crippen LogP contribution in [0.3, 0.4) is 0 Å². The SMILES string of the molecule is NC(=NCc1ccc(S(=O)(=O)N2CCCC2)cc1)Nc1ccc(OC(F)(F)F)cc1. The molecular formula is C19H21F3N4O3S. The van der Waals surface area contributed by atoms with Crippen molar-refractivity contribution in [1.29, 1.82) is 0 Å². The van der Waals surface area contributed by atoms with Gasteiger partial charge in [-0.05, 0) is 54.8 Å². The fourth-order valence-corrected chi connectivity index (χ4v) is 4.47. The molecule has 11 heteroatoms. The van der Waals surface area contributed by atoms with E-state index in [1.54, 1.807) is 24.3 Å². The van der Waals surface area contributed by atoms with Crippen LogP contribution in [0.25, 0.3) is 0 Å². The van der Waals surface area contributed by atoms with Gasteiger partial charge in [0.1, 0.15) is 5.75 Å². The zero-order valence-corrected chi connectivity index (χ0v) is 16.7. The highest BCUT2D eigenvalue weighted by molar-refractivity contribution is 7.89. The van der Waals surface area contributed by atoms with E-state index >= 15 is 0 Å². The lowest BCUT2D eigenvalue weighted by Crippen LogP contribution is -2.27. The molecule has 0 saturated carbocycles. The second-order valence-electron chi connectivity index (χ2n) is 6.65. The first-order chi connectivity index (χ1) is 14.1. The molecule has 0 aliphatic carbocycles. The minimum absolute atomic E-state index is 0.0632. The van der Waals surface area contributed by atoms with Crippen molar-refractivity contribution in [2.45, 2.75) is 30.6 Å². The molecule has 1 heterocycles. The first-order valence-electron chi connectivity index (χ1n) is 9.15. The van der Waals surface area contributed by atoms with Crippen LogP contribution in [0.1, 0.15) is 18.4 Å². The predicted octanol–water partition coefficient (Wildman–Crippen LogP) is 3.30. The Balaban J connectivity index is 1.57. The highest BCUT2D eigenvalue weighted by Crippen LogP contribution is 2.24. The number of sulfonamides is 1. The molecule has 0 radical (unpaired) electrons. The number of ether oxygens (including phenoxy) is 1. The predicted molar refractivity (Wildman–Crippen MR) is 107 cm³/mol. The first kappa shape index (κ1) is 21.9. The fraction of sp³-hybridized carbons (Fsp3) is 0.316. The zero-order valence-electron chi connectivity index (χ0n) is 15.9. The van der Waals surface area contributed by atoms with Gasteiger partial charge in [0.25, 0.3) is 0 Å². The van der Waals surface area contributed by atoms with Crippen LogP contribution in [0, 0.1) is 0 Å². The van der Waals surface area contributed by atoms with Gasteiger partial charge in [-0.1, -0.05) is 12.1 Å². The smallest absolute Gasteiger partial charge is 0.406 e. The van der Waals surface area contributed by atoms with Crippen molar-refractivity contribution in [3.05, 3.63) is 54.1 Å². The van der Waals surface area contributed by atoms with Crippen molar-refractivity contribution < 1.29 is 26.3 Å². The molecule has 2 aromatic rings. The van der Waals surface area contributed by atoms with Crippen molar-refractivity contribution in [3.8, 4) is 5.75 Å². The lowest BCUT2D eigenvalue weighted by molar-refractivity contribution is -0.274. The molecule has 0 bridgehead atoms. The average Bonchev–Trinajstić information content (AvgIpc) is 3.23. The van der Waals surface area contributed by atoms with Gasteiger partial charge in [0.2, 0.25) is 10.0 Å². The largest absolute Gasteiger partial charge is 0.573 e. The van der Waals surface area contributed by atoms with Gasteiger partial charge in [-0.2, -0.15) is 4.31 Å². The summed E-state index contributed by atoms with van der Waals surface area (Å²) in [5.74, 6) is -0.277. The van der Waals surface area contributed by atoms with Gasteiger partial charge < -0.3 is 15.8 Å². The highest BCUT2D eigenvalue weighted by atomic mass is 32.2. The van der Waals surface area contributed by atoms with Gasteiger partial charge in [0.05, 0.1) is 11.4 Å². The van der Waals surface area contributed by atoms with Crippen LogP contribution in [-0.2, 0) is 16.6 Å². The molecule has 7 nitrogen and oxygen atoms in total. The molecule has 0 spiro atoms. The molecule has 3 rings (SSSR count). The van der Waals surface area contributed by atoms with E-state index < -0.39 is 16.4 Å². The molecule has 1 aliphatic heterocycles. The van der Waals surface area contributed by atoms with E-state index in [1.165, 1.54) is 16.4 Å². The summed E-state index contributed by atoms with van der Waals surface area (Å²) >= 11 is 0. The summed E-state index contributed by atoms with van der Waals surface area (Å²) in [5.41, 5.74) is 7.00. The summed E-state index contributed by atoms with van der Waals surface area (Å²) in [5, 5.41) is 2.76. The maximum absolute atomic E-state index is 12.5. The second kappa shape index (κ2) is 8.92. The minimum atomic E-state index is -4.75. The van der Waals surface area contributed by atoms with Crippen molar-refractivity contribution in [2.75, 3.05) is 18.4 Å². The number of halogens is 3. The normalized spacial score (nSPS) is 15.9. The summed E-state index contributed by atoms with van der Waals surface area (Å²) in [7, 11) is -3.46. The molecule has 0 atom stereocenters. The number of hydrogen-bond donors (Lipinski definition) is 2. The summed E-state index contributed by atoms with van der Waals surface area (Å²) in [4.78, 5) is 4.39. The van der Waals surface area contributed by atoms with Gasteiger partial charge in [-0.15, -0.1) is 13.2 Å². The summed E-state index contributed by atoms with van der Waals surface area (Å²) < 4.78 is 66.8. The van der Waals surface area contributed by atoms with E-state index in [4.69, 9.17) is 5.73 Å². The van der Waals surface area contributed by atoms with E-state index in [-0.39, 0.29) is 23.1 Å². The monoisotopic (exact) mass is 442 g/mol. The maximum atomic E-state index is 12.5. The third-order valence-corrected chi connectivity index (χ3v) is 6.33. The second-order valence-corrected chi connectivity index (χ2v) is 8.59. The Hall–Kier alpha value is -2.79. The van der Waals surface area contributed by atoms with Gasteiger partial charge in [-0.3, -0.25) is 0 Å². The van der Waals surface area contributed by atoms with Crippen molar-refractivity contribution >= 4 is 21.7 Å². The number of aliphatic imine (C=N–C) groups is 1. The Morgan fingerprint density at radius 3 is 2.23 bits per heavy atom. The number of nitrogens with two attached hydrogens (primary N) is 1. The van der Waals surface area contributed by atoms with E-state index in [1.807, 2.05) is 0 Å². The Kier molecular flexibility index (Phi) is 6.52. The molecule has 0 amide bonds. The number of alkyl halides is 3. The highest BCUT2D eigenvalue weighted by Gasteiger charge is 2.31. The molecule has 162 valence electrons. The third-order valence-electron chi connectivity index (χ3n) is 4.42. The maximum Gasteiger partial charge on any atom is 0.573 e. The third kappa shape index (κ3) is 5.86. The molecule has 30 heavy (non-hydrogen) atoms. The molecule has 2 aromatic carbocycles. The molecule has 3 N–H and O–H groups in total. The fourth-order valence-electron chi connectivity index (χ4n) is 2.95. The molecule has 1 aliphatic rings.